The molecule has 1 atom stereocenters. The number of esters is 1. The molecule has 146 valence electrons. The largest absolute Gasteiger partial charge is 0.469 e. The maximum atomic E-state index is 10.9. The van der Waals surface area contributed by atoms with Crippen molar-refractivity contribution in [2.45, 2.75) is 103 Å². The summed E-state index contributed by atoms with van der Waals surface area (Å²) in [6.45, 7) is 1.64. The Labute approximate surface area is 154 Å². The standard InChI is InChI=1S/C21H38O4/c1-19(22)15-11-9-10-13-17-20(23)16-12-7-5-3-4-6-8-14-18-21(24)25-2/h7,12,20,23H,3-6,8-11,13-18H2,1-2H3/b12-7-/t20-/m0/s1. The Bertz CT molecular complexity index is 363. The maximum absolute atomic E-state index is 10.9. The lowest BCUT2D eigenvalue weighted by atomic mass is 10.0. The Morgan fingerprint density at radius 2 is 1.48 bits per heavy atom. The van der Waals surface area contributed by atoms with Crippen LogP contribution in [-0.4, -0.2) is 30.1 Å². The van der Waals surface area contributed by atoms with Crippen LogP contribution in [0.1, 0.15) is 96.8 Å². The van der Waals surface area contributed by atoms with Crippen molar-refractivity contribution in [3.05, 3.63) is 12.2 Å². The number of carbonyl (C=O) groups excluding carboxylic acids is 2. The molecule has 4 heteroatoms. The average Bonchev–Trinajstić information content (AvgIpc) is 2.59. The van der Waals surface area contributed by atoms with E-state index in [0.717, 1.165) is 64.2 Å². The van der Waals surface area contributed by atoms with Crippen molar-refractivity contribution in [3.8, 4) is 0 Å². The van der Waals surface area contributed by atoms with Crippen LogP contribution < -0.4 is 0 Å². The molecule has 0 amide bonds. The van der Waals surface area contributed by atoms with Crippen LogP contribution in [0.2, 0.25) is 0 Å². The number of aliphatic hydroxyl groups is 1. The van der Waals surface area contributed by atoms with Crippen molar-refractivity contribution in [3.63, 3.8) is 0 Å². The summed E-state index contributed by atoms with van der Waals surface area (Å²) in [7, 11) is 1.43. The maximum Gasteiger partial charge on any atom is 0.305 e. The minimum atomic E-state index is -0.234. The molecule has 0 aromatic rings. The second-order valence-corrected chi connectivity index (χ2v) is 6.90. The van der Waals surface area contributed by atoms with Gasteiger partial charge < -0.3 is 14.6 Å². The van der Waals surface area contributed by atoms with E-state index in [2.05, 4.69) is 16.9 Å². The van der Waals surface area contributed by atoms with Gasteiger partial charge in [-0.05, 0) is 45.4 Å². The summed E-state index contributed by atoms with van der Waals surface area (Å²) in [5, 5.41) is 9.92. The highest BCUT2D eigenvalue weighted by atomic mass is 16.5. The van der Waals surface area contributed by atoms with Crippen molar-refractivity contribution in [1.29, 1.82) is 0 Å². The normalized spacial score (nSPS) is 12.4. The van der Waals surface area contributed by atoms with Gasteiger partial charge in [0.1, 0.15) is 5.78 Å². The van der Waals surface area contributed by atoms with Gasteiger partial charge in [-0.2, -0.15) is 0 Å². The van der Waals surface area contributed by atoms with E-state index >= 15 is 0 Å². The fourth-order valence-electron chi connectivity index (χ4n) is 2.76. The Morgan fingerprint density at radius 1 is 0.880 bits per heavy atom. The number of unbranched alkanes of at least 4 members (excludes halogenated alkanes) is 8. The molecule has 0 radical (unpaired) electrons. The zero-order chi connectivity index (χ0) is 18.8. The topological polar surface area (TPSA) is 63.6 Å². The van der Waals surface area contributed by atoms with Gasteiger partial charge >= 0.3 is 5.97 Å². The highest BCUT2D eigenvalue weighted by molar-refractivity contribution is 5.75. The SMILES string of the molecule is COC(=O)CCCCCCC/C=C\C[C@H](O)CCCCCCC(C)=O. The molecule has 4 nitrogen and oxygen atoms in total. The Balaban J connectivity index is 3.32. The van der Waals surface area contributed by atoms with Crippen molar-refractivity contribution < 1.29 is 19.4 Å². The third kappa shape index (κ3) is 19.0. The van der Waals surface area contributed by atoms with Gasteiger partial charge in [0, 0.05) is 12.8 Å². The Hall–Kier alpha value is -1.16. The third-order valence-electron chi connectivity index (χ3n) is 4.37. The Kier molecular flexibility index (Phi) is 16.8. The van der Waals surface area contributed by atoms with Gasteiger partial charge in [0.25, 0.3) is 0 Å². The van der Waals surface area contributed by atoms with E-state index in [1.54, 1.807) is 6.92 Å². The molecule has 0 aliphatic rings. The molecule has 0 fully saturated rings. The summed E-state index contributed by atoms with van der Waals surface area (Å²) in [5.74, 6) is 0.156. The molecule has 0 saturated carbocycles. The molecule has 25 heavy (non-hydrogen) atoms. The van der Waals surface area contributed by atoms with E-state index in [1.807, 2.05) is 0 Å². The van der Waals surface area contributed by atoms with Crippen LogP contribution in [0.15, 0.2) is 12.2 Å². The molecule has 0 unspecified atom stereocenters. The van der Waals surface area contributed by atoms with Crippen LogP contribution in [0.3, 0.4) is 0 Å². The van der Waals surface area contributed by atoms with Crippen LogP contribution in [0.25, 0.3) is 0 Å². The van der Waals surface area contributed by atoms with E-state index in [4.69, 9.17) is 0 Å². The highest BCUT2D eigenvalue weighted by Crippen LogP contribution is 2.11. The molecule has 0 bridgehead atoms. The number of hydrogen-bond acceptors (Lipinski definition) is 4. The van der Waals surface area contributed by atoms with Crippen LogP contribution in [0.5, 0.6) is 0 Å². The monoisotopic (exact) mass is 354 g/mol. The van der Waals surface area contributed by atoms with Gasteiger partial charge in [-0.25, -0.2) is 0 Å². The van der Waals surface area contributed by atoms with Gasteiger partial charge in [0.05, 0.1) is 13.2 Å². The minimum absolute atomic E-state index is 0.113. The number of rotatable bonds is 17. The number of allylic oxidation sites excluding steroid dienone is 1. The summed E-state index contributed by atoms with van der Waals surface area (Å²) in [5.41, 5.74) is 0. The third-order valence-corrected chi connectivity index (χ3v) is 4.37. The number of carbonyl (C=O) groups is 2. The summed E-state index contributed by atoms with van der Waals surface area (Å²) in [6.07, 6.45) is 17.6. The summed E-state index contributed by atoms with van der Waals surface area (Å²) >= 11 is 0. The highest BCUT2D eigenvalue weighted by Gasteiger charge is 2.02. The molecule has 0 aliphatic heterocycles. The lowest BCUT2D eigenvalue weighted by Crippen LogP contribution is -2.04. The van der Waals surface area contributed by atoms with Gasteiger partial charge in [0.2, 0.25) is 0 Å². The van der Waals surface area contributed by atoms with Gasteiger partial charge in [-0.3, -0.25) is 4.79 Å². The van der Waals surface area contributed by atoms with Crippen molar-refractivity contribution >= 4 is 11.8 Å². The number of Topliss-reactive ketones (excluding diaryl/α,β-unsaturated/α-hetero) is 1. The fourth-order valence-corrected chi connectivity index (χ4v) is 2.76. The zero-order valence-corrected chi connectivity index (χ0v) is 16.3. The quantitative estimate of drug-likeness (QED) is 0.223. The van der Waals surface area contributed by atoms with Crippen LogP contribution in [0.4, 0.5) is 0 Å². The van der Waals surface area contributed by atoms with E-state index in [-0.39, 0.29) is 17.9 Å². The second kappa shape index (κ2) is 17.7. The van der Waals surface area contributed by atoms with Gasteiger partial charge in [0.15, 0.2) is 0 Å². The predicted octanol–water partition coefficient (Wildman–Crippen LogP) is 5.13. The zero-order valence-electron chi connectivity index (χ0n) is 16.3. The lowest BCUT2D eigenvalue weighted by Gasteiger charge is -2.07. The molecule has 1 N–H and O–H groups in total. The second-order valence-electron chi connectivity index (χ2n) is 6.90. The molecule has 0 spiro atoms. The van der Waals surface area contributed by atoms with Crippen LogP contribution >= 0.6 is 0 Å². The molecule has 0 heterocycles. The van der Waals surface area contributed by atoms with E-state index in [1.165, 1.54) is 20.0 Å². The van der Waals surface area contributed by atoms with Crippen LogP contribution in [-0.2, 0) is 14.3 Å². The molecule has 0 aromatic heterocycles. The molecular formula is C21H38O4. The van der Waals surface area contributed by atoms with Crippen molar-refractivity contribution in [2.24, 2.45) is 0 Å². The molecule has 0 rings (SSSR count). The van der Waals surface area contributed by atoms with Gasteiger partial charge in [-0.15, -0.1) is 0 Å². The molecular weight excluding hydrogens is 316 g/mol. The first kappa shape index (κ1) is 23.8. The Morgan fingerprint density at radius 3 is 2.16 bits per heavy atom. The molecule has 0 saturated heterocycles. The smallest absolute Gasteiger partial charge is 0.305 e. The van der Waals surface area contributed by atoms with E-state index in [9.17, 15) is 14.7 Å². The predicted molar refractivity (Wildman–Crippen MR) is 102 cm³/mol. The number of ether oxygens (including phenoxy) is 1. The number of aliphatic hydroxyl groups excluding tert-OH is 1. The van der Waals surface area contributed by atoms with Gasteiger partial charge in [-0.1, -0.05) is 50.7 Å². The first-order valence-corrected chi connectivity index (χ1v) is 9.95. The average molecular weight is 355 g/mol. The van der Waals surface area contributed by atoms with Crippen LogP contribution in [0, 0.1) is 0 Å². The number of hydrogen-bond donors (Lipinski definition) is 1. The number of methoxy groups -OCH3 is 1. The first-order chi connectivity index (χ1) is 12.1. The van der Waals surface area contributed by atoms with E-state index < -0.39 is 0 Å². The van der Waals surface area contributed by atoms with Crippen molar-refractivity contribution in [2.75, 3.05) is 7.11 Å². The molecule has 0 aromatic carbocycles. The summed E-state index contributed by atoms with van der Waals surface area (Å²) in [6, 6.07) is 0. The van der Waals surface area contributed by atoms with E-state index in [0.29, 0.717) is 12.8 Å². The number of ketones is 1. The first-order valence-electron chi connectivity index (χ1n) is 9.95. The molecule has 0 aliphatic carbocycles. The summed E-state index contributed by atoms with van der Waals surface area (Å²) < 4.78 is 4.61. The lowest BCUT2D eigenvalue weighted by molar-refractivity contribution is -0.140. The fraction of sp³-hybridized carbons (Fsp3) is 0.810. The summed E-state index contributed by atoms with van der Waals surface area (Å²) in [4.78, 5) is 21.8. The van der Waals surface area contributed by atoms with Crippen molar-refractivity contribution in [1.82, 2.24) is 0 Å². The minimum Gasteiger partial charge on any atom is -0.469 e.